The maximum atomic E-state index is 6.13. The van der Waals surface area contributed by atoms with Crippen molar-refractivity contribution < 1.29 is 0 Å². The lowest BCUT2D eigenvalue weighted by atomic mass is 10.3. The summed E-state index contributed by atoms with van der Waals surface area (Å²) in [6.07, 6.45) is 2.05. The van der Waals surface area contributed by atoms with Crippen LogP contribution < -0.4 is 10.6 Å². The van der Waals surface area contributed by atoms with Crippen LogP contribution in [0.15, 0.2) is 63.3 Å². The van der Waals surface area contributed by atoms with E-state index in [1.165, 1.54) is 4.90 Å². The van der Waals surface area contributed by atoms with E-state index in [9.17, 15) is 0 Å². The number of hydrogen-bond acceptors (Lipinski definition) is 3. The Labute approximate surface area is 144 Å². The zero-order valence-electron chi connectivity index (χ0n) is 12.5. The molecule has 2 aromatic rings. The van der Waals surface area contributed by atoms with Crippen LogP contribution in [0, 0.1) is 0 Å². The second-order valence-electron chi connectivity index (χ2n) is 4.48. The SMILES string of the molecule is CSc1cccc(N(C)C(N)=Nc2cccc(SCCl)c2)c1. The van der Waals surface area contributed by atoms with Crippen molar-refractivity contribution in [3.8, 4) is 0 Å². The van der Waals surface area contributed by atoms with Gasteiger partial charge < -0.3 is 10.6 Å². The fourth-order valence-electron chi connectivity index (χ4n) is 1.86. The standard InChI is InChI=1S/C16H18ClN3S2/c1-20(13-6-4-7-14(10-13)21-2)16(18)19-12-5-3-8-15(9-12)22-11-17/h3-10H,11H2,1-2H3,(H2,18,19). The second kappa shape index (κ2) is 8.36. The summed E-state index contributed by atoms with van der Waals surface area (Å²) in [7, 11) is 1.91. The number of aliphatic imine (C=N–C) groups is 1. The van der Waals surface area contributed by atoms with E-state index >= 15 is 0 Å². The van der Waals surface area contributed by atoms with Crippen LogP contribution >= 0.6 is 35.1 Å². The number of alkyl halides is 1. The molecule has 0 aliphatic heterocycles. The van der Waals surface area contributed by atoms with Gasteiger partial charge in [0, 0.05) is 22.5 Å². The van der Waals surface area contributed by atoms with Crippen molar-refractivity contribution in [1.29, 1.82) is 0 Å². The number of halogens is 1. The van der Waals surface area contributed by atoms with Gasteiger partial charge in [-0.15, -0.1) is 35.1 Å². The van der Waals surface area contributed by atoms with Crippen molar-refractivity contribution in [3.05, 3.63) is 48.5 Å². The van der Waals surface area contributed by atoms with Crippen LogP contribution in [0.5, 0.6) is 0 Å². The minimum absolute atomic E-state index is 0.450. The lowest BCUT2D eigenvalue weighted by Gasteiger charge is -2.18. The Balaban J connectivity index is 2.21. The molecular weight excluding hydrogens is 334 g/mol. The molecule has 0 heterocycles. The molecule has 2 aromatic carbocycles. The fourth-order valence-corrected chi connectivity index (χ4v) is 3.20. The number of thioether (sulfide) groups is 2. The van der Waals surface area contributed by atoms with Crippen LogP contribution in [0.1, 0.15) is 0 Å². The summed E-state index contributed by atoms with van der Waals surface area (Å²) >= 11 is 9.01. The molecule has 6 heteroatoms. The first-order chi connectivity index (χ1) is 10.6. The van der Waals surface area contributed by atoms with Crippen LogP contribution in [0.4, 0.5) is 11.4 Å². The number of guanidine groups is 1. The molecule has 0 aliphatic rings. The molecule has 0 aliphatic carbocycles. The van der Waals surface area contributed by atoms with E-state index in [4.69, 9.17) is 17.3 Å². The Morgan fingerprint density at radius 2 is 1.91 bits per heavy atom. The van der Waals surface area contributed by atoms with Gasteiger partial charge in [-0.05, 0) is 42.7 Å². The molecule has 0 saturated heterocycles. The minimum Gasteiger partial charge on any atom is -0.369 e. The third-order valence-corrected chi connectivity index (χ3v) is 4.82. The molecule has 0 spiro atoms. The number of rotatable bonds is 5. The molecule has 0 saturated carbocycles. The van der Waals surface area contributed by atoms with Crippen molar-refractivity contribution >= 4 is 52.5 Å². The van der Waals surface area contributed by atoms with Gasteiger partial charge in [0.1, 0.15) is 0 Å². The summed E-state index contributed by atoms with van der Waals surface area (Å²) in [5.41, 5.74) is 7.97. The molecule has 116 valence electrons. The van der Waals surface area contributed by atoms with Gasteiger partial charge >= 0.3 is 0 Å². The normalized spacial score (nSPS) is 11.5. The predicted molar refractivity (Wildman–Crippen MR) is 101 cm³/mol. The molecule has 0 radical (unpaired) electrons. The van der Waals surface area contributed by atoms with E-state index in [0.29, 0.717) is 11.2 Å². The summed E-state index contributed by atoms with van der Waals surface area (Å²) in [6.45, 7) is 0. The average molecular weight is 352 g/mol. The van der Waals surface area contributed by atoms with Gasteiger partial charge in [0.15, 0.2) is 0 Å². The van der Waals surface area contributed by atoms with Crippen molar-refractivity contribution in [1.82, 2.24) is 0 Å². The molecule has 2 rings (SSSR count). The average Bonchev–Trinajstić information content (AvgIpc) is 2.55. The monoisotopic (exact) mass is 351 g/mol. The second-order valence-corrected chi connectivity index (χ2v) is 6.99. The molecule has 3 nitrogen and oxygen atoms in total. The van der Waals surface area contributed by atoms with Crippen molar-refractivity contribution in [2.45, 2.75) is 9.79 Å². The van der Waals surface area contributed by atoms with Crippen molar-refractivity contribution in [2.24, 2.45) is 10.7 Å². The van der Waals surface area contributed by atoms with Crippen LogP contribution in [-0.4, -0.2) is 24.5 Å². The molecule has 22 heavy (non-hydrogen) atoms. The predicted octanol–water partition coefficient (Wildman–Crippen LogP) is 4.78. The highest BCUT2D eigenvalue weighted by Gasteiger charge is 2.06. The molecule has 2 N–H and O–H groups in total. The highest BCUT2D eigenvalue weighted by atomic mass is 35.5. The van der Waals surface area contributed by atoms with Gasteiger partial charge in [-0.1, -0.05) is 12.1 Å². The summed E-state index contributed by atoms with van der Waals surface area (Å²) in [4.78, 5) is 8.64. The molecule has 0 aromatic heterocycles. The highest BCUT2D eigenvalue weighted by molar-refractivity contribution is 8.00. The van der Waals surface area contributed by atoms with Gasteiger partial charge in [0.2, 0.25) is 5.96 Å². The summed E-state index contributed by atoms with van der Waals surface area (Å²) < 4.78 is 0. The quantitative estimate of drug-likeness (QED) is 0.364. The first-order valence-corrected chi connectivity index (χ1v) is 9.39. The highest BCUT2D eigenvalue weighted by Crippen LogP contribution is 2.25. The van der Waals surface area contributed by atoms with Crippen molar-refractivity contribution in [2.75, 3.05) is 23.4 Å². The Bertz CT molecular complexity index is 661. The smallest absolute Gasteiger partial charge is 0.200 e. The third-order valence-electron chi connectivity index (χ3n) is 3.07. The van der Waals surface area contributed by atoms with Gasteiger partial charge in [0.05, 0.1) is 10.9 Å². The van der Waals surface area contributed by atoms with Crippen LogP contribution in [0.3, 0.4) is 0 Å². The van der Waals surface area contributed by atoms with E-state index in [-0.39, 0.29) is 0 Å². The van der Waals surface area contributed by atoms with Gasteiger partial charge in [-0.2, -0.15) is 0 Å². The van der Waals surface area contributed by atoms with Crippen LogP contribution in [-0.2, 0) is 0 Å². The third kappa shape index (κ3) is 4.60. The van der Waals surface area contributed by atoms with E-state index in [2.05, 4.69) is 23.4 Å². The molecule has 0 atom stereocenters. The Kier molecular flexibility index (Phi) is 6.49. The number of nitrogens with two attached hydrogens (primary N) is 1. The molecular formula is C16H18ClN3S2. The van der Waals surface area contributed by atoms with Crippen LogP contribution in [0.2, 0.25) is 0 Å². The lowest BCUT2D eigenvalue weighted by Crippen LogP contribution is -2.33. The maximum Gasteiger partial charge on any atom is 0.200 e. The number of hydrogen-bond donors (Lipinski definition) is 1. The molecule has 0 amide bonds. The lowest BCUT2D eigenvalue weighted by molar-refractivity contribution is 1.20. The van der Waals surface area contributed by atoms with Gasteiger partial charge in [-0.3, -0.25) is 0 Å². The molecule has 0 bridgehead atoms. The first-order valence-electron chi connectivity index (χ1n) is 6.65. The first kappa shape index (κ1) is 17.1. The Hall–Kier alpha value is -1.30. The number of benzene rings is 2. The fraction of sp³-hybridized carbons (Fsp3) is 0.188. The zero-order chi connectivity index (χ0) is 15.9. The summed E-state index contributed by atoms with van der Waals surface area (Å²) in [6, 6.07) is 16.1. The Morgan fingerprint density at radius 1 is 1.18 bits per heavy atom. The Morgan fingerprint density at radius 3 is 2.64 bits per heavy atom. The van der Waals surface area contributed by atoms with E-state index in [1.54, 1.807) is 23.5 Å². The number of anilines is 1. The van der Waals surface area contributed by atoms with E-state index < -0.39 is 0 Å². The molecule has 0 fully saturated rings. The topological polar surface area (TPSA) is 41.6 Å². The van der Waals surface area contributed by atoms with Crippen molar-refractivity contribution in [3.63, 3.8) is 0 Å². The summed E-state index contributed by atoms with van der Waals surface area (Å²) in [5.74, 6) is 0.450. The minimum atomic E-state index is 0.450. The number of nitrogens with zero attached hydrogens (tertiary/aromatic N) is 2. The van der Waals surface area contributed by atoms with Gasteiger partial charge in [-0.25, -0.2) is 4.99 Å². The largest absolute Gasteiger partial charge is 0.369 e. The van der Waals surface area contributed by atoms with Crippen LogP contribution in [0.25, 0.3) is 0 Å². The molecule has 0 unspecified atom stereocenters. The van der Waals surface area contributed by atoms with E-state index in [1.807, 2.05) is 48.3 Å². The summed E-state index contributed by atoms with van der Waals surface area (Å²) in [5, 5.41) is 0.518. The van der Waals surface area contributed by atoms with E-state index in [0.717, 1.165) is 16.3 Å². The van der Waals surface area contributed by atoms with Gasteiger partial charge in [0.25, 0.3) is 0 Å². The maximum absolute atomic E-state index is 6.13. The zero-order valence-corrected chi connectivity index (χ0v) is 14.9.